The van der Waals surface area contributed by atoms with Crippen molar-refractivity contribution in [3.63, 3.8) is 0 Å². The van der Waals surface area contributed by atoms with Gasteiger partial charge in [0, 0.05) is 24.5 Å². The Bertz CT molecular complexity index is 1360. The van der Waals surface area contributed by atoms with Crippen LogP contribution in [0.5, 0.6) is 0 Å². The van der Waals surface area contributed by atoms with E-state index < -0.39 is 42.1 Å². The van der Waals surface area contributed by atoms with Crippen LogP contribution in [-0.2, 0) is 32.0 Å². The van der Waals surface area contributed by atoms with Crippen LogP contribution in [-0.4, -0.2) is 93.5 Å². The van der Waals surface area contributed by atoms with Gasteiger partial charge in [-0.3, -0.25) is 19.2 Å². The van der Waals surface area contributed by atoms with E-state index in [1.807, 2.05) is 72.5 Å². The first kappa shape index (κ1) is 34.5. The molecule has 3 heterocycles. The van der Waals surface area contributed by atoms with E-state index >= 15 is 0 Å². The standard InChI is InChI=1S/C36H50N6O5/c1-23-18-31(35(46)41(23)32(14-8-9-17-37)36(47)42-26-15-16-27(42)22-28(43)21-26)40-34(45)30(20-25-12-6-3-7-13-25)39-33(44)29(38)19-24-10-4-2-5-11-24/h2-7,10-13,23,26-32,43H,8-9,14-22,37-38H2,1H3,(H,39,44)(H,40,45). The quantitative estimate of drug-likeness (QED) is 0.193. The van der Waals surface area contributed by atoms with E-state index in [1.165, 1.54) is 0 Å². The monoisotopic (exact) mass is 646 g/mol. The van der Waals surface area contributed by atoms with Crippen molar-refractivity contribution in [2.75, 3.05) is 6.54 Å². The molecule has 7 N–H and O–H groups in total. The molecule has 7 unspecified atom stereocenters. The smallest absolute Gasteiger partial charge is 0.246 e. The largest absolute Gasteiger partial charge is 0.393 e. The second-order valence-electron chi connectivity index (χ2n) is 13.5. The van der Waals surface area contributed by atoms with Crippen LogP contribution in [0.15, 0.2) is 60.7 Å². The number of nitrogens with one attached hydrogen (secondary N) is 2. The van der Waals surface area contributed by atoms with Crippen LogP contribution in [0.1, 0.15) is 69.4 Å². The normalized spacial score (nSPS) is 25.7. The van der Waals surface area contributed by atoms with Gasteiger partial charge in [-0.15, -0.1) is 0 Å². The molecule has 0 radical (unpaired) electrons. The van der Waals surface area contributed by atoms with Gasteiger partial charge in [-0.1, -0.05) is 60.7 Å². The molecule has 2 aromatic carbocycles. The minimum atomic E-state index is -0.957. The number of aliphatic hydroxyl groups is 1. The lowest BCUT2D eigenvalue weighted by molar-refractivity contribution is -0.150. The maximum absolute atomic E-state index is 14.2. The fraction of sp³-hybridized carbons (Fsp3) is 0.556. The minimum Gasteiger partial charge on any atom is -0.393 e. The van der Waals surface area contributed by atoms with Crippen molar-refractivity contribution in [3.8, 4) is 0 Å². The molecule has 0 aliphatic carbocycles. The van der Waals surface area contributed by atoms with Gasteiger partial charge in [0.1, 0.15) is 18.1 Å². The summed E-state index contributed by atoms with van der Waals surface area (Å²) in [6.45, 7) is 2.40. The second kappa shape index (κ2) is 15.9. The Morgan fingerprint density at radius 3 is 2.09 bits per heavy atom. The topological polar surface area (TPSA) is 171 Å². The average Bonchev–Trinajstić information content (AvgIpc) is 3.49. The number of benzene rings is 2. The number of unbranched alkanes of at least 4 members (excludes halogenated alkanes) is 1. The zero-order valence-corrected chi connectivity index (χ0v) is 27.3. The van der Waals surface area contributed by atoms with Gasteiger partial charge < -0.3 is 37.0 Å². The number of hydrogen-bond acceptors (Lipinski definition) is 7. The molecule has 7 atom stereocenters. The molecule has 11 heteroatoms. The first-order valence-corrected chi connectivity index (χ1v) is 17.1. The molecule has 4 amide bonds. The molecule has 5 rings (SSSR count). The number of nitrogens with two attached hydrogens (primary N) is 2. The summed E-state index contributed by atoms with van der Waals surface area (Å²) in [5, 5.41) is 16.1. The Balaban J connectivity index is 1.29. The zero-order valence-electron chi connectivity index (χ0n) is 27.3. The number of nitrogens with zero attached hydrogens (tertiary/aromatic N) is 2. The lowest BCUT2D eigenvalue weighted by atomic mass is 9.97. The Hall–Kier alpha value is -3.80. The number of carbonyl (C=O) groups is 4. The predicted octanol–water partition coefficient (Wildman–Crippen LogP) is 1.40. The fourth-order valence-corrected chi connectivity index (χ4v) is 7.65. The van der Waals surface area contributed by atoms with Crippen LogP contribution in [0.2, 0.25) is 0 Å². The molecule has 254 valence electrons. The molecule has 0 saturated carbocycles. The van der Waals surface area contributed by atoms with Crippen LogP contribution in [0.25, 0.3) is 0 Å². The summed E-state index contributed by atoms with van der Waals surface area (Å²) < 4.78 is 0. The number of fused-ring (bicyclic) bond motifs is 2. The van der Waals surface area contributed by atoms with Crippen molar-refractivity contribution >= 4 is 23.6 Å². The minimum absolute atomic E-state index is 0.0209. The van der Waals surface area contributed by atoms with E-state index in [0.29, 0.717) is 45.1 Å². The van der Waals surface area contributed by atoms with Gasteiger partial charge in [-0.2, -0.15) is 0 Å². The molecular formula is C36H50N6O5. The van der Waals surface area contributed by atoms with E-state index in [4.69, 9.17) is 11.5 Å². The van der Waals surface area contributed by atoms with Gasteiger partial charge in [-0.05, 0) is 82.4 Å². The maximum Gasteiger partial charge on any atom is 0.246 e. The van der Waals surface area contributed by atoms with E-state index in [0.717, 1.165) is 30.4 Å². The highest BCUT2D eigenvalue weighted by molar-refractivity contribution is 5.96. The third kappa shape index (κ3) is 8.38. The summed E-state index contributed by atoms with van der Waals surface area (Å²) in [6, 6.07) is 15.2. The van der Waals surface area contributed by atoms with Gasteiger partial charge >= 0.3 is 0 Å². The van der Waals surface area contributed by atoms with Crippen LogP contribution in [0.4, 0.5) is 0 Å². The first-order chi connectivity index (χ1) is 22.7. The van der Waals surface area contributed by atoms with Crippen LogP contribution >= 0.6 is 0 Å². The highest BCUT2D eigenvalue weighted by Gasteiger charge is 2.49. The Kier molecular flexibility index (Phi) is 11.7. The third-order valence-corrected chi connectivity index (χ3v) is 9.99. The predicted molar refractivity (Wildman–Crippen MR) is 179 cm³/mol. The average molecular weight is 647 g/mol. The number of hydrogen-bond donors (Lipinski definition) is 5. The van der Waals surface area contributed by atoms with Crippen molar-refractivity contribution in [2.24, 2.45) is 11.5 Å². The first-order valence-electron chi connectivity index (χ1n) is 17.1. The van der Waals surface area contributed by atoms with Crippen LogP contribution in [0, 0.1) is 0 Å². The SMILES string of the molecule is CC1CC(NC(=O)C(Cc2ccccc2)NC(=O)C(N)Cc2ccccc2)C(=O)N1C(CCCCN)C(=O)N1C2CCC1CC(O)C2. The molecule has 2 aromatic rings. The number of amides is 4. The molecule has 0 spiro atoms. The van der Waals surface area contributed by atoms with Crippen molar-refractivity contribution in [1.82, 2.24) is 20.4 Å². The van der Waals surface area contributed by atoms with Crippen LogP contribution < -0.4 is 22.1 Å². The van der Waals surface area contributed by atoms with Crippen molar-refractivity contribution < 1.29 is 24.3 Å². The summed E-state index contributed by atoms with van der Waals surface area (Å²) in [5.74, 6) is -1.30. The van der Waals surface area contributed by atoms with Gasteiger partial charge in [-0.25, -0.2) is 0 Å². The van der Waals surface area contributed by atoms with E-state index in [1.54, 1.807) is 4.90 Å². The highest BCUT2D eigenvalue weighted by Crippen LogP contribution is 2.38. The van der Waals surface area contributed by atoms with Gasteiger partial charge in [0.05, 0.1) is 12.1 Å². The molecule has 3 saturated heterocycles. The highest BCUT2D eigenvalue weighted by atomic mass is 16.3. The molecule has 3 aliphatic heterocycles. The number of likely N-dealkylation sites (tertiary alicyclic amines) is 1. The maximum atomic E-state index is 14.2. The van der Waals surface area contributed by atoms with E-state index in [-0.39, 0.29) is 36.4 Å². The number of aliphatic hydroxyl groups excluding tert-OH is 1. The summed E-state index contributed by atoms with van der Waals surface area (Å²) in [7, 11) is 0. The summed E-state index contributed by atoms with van der Waals surface area (Å²) >= 11 is 0. The lowest BCUT2D eigenvalue weighted by Crippen LogP contribution is -2.58. The summed E-state index contributed by atoms with van der Waals surface area (Å²) in [6.07, 6.45) is 5.22. The molecule has 3 aliphatic rings. The van der Waals surface area contributed by atoms with E-state index in [9.17, 15) is 24.3 Å². The Morgan fingerprint density at radius 2 is 1.49 bits per heavy atom. The number of rotatable bonds is 14. The van der Waals surface area contributed by atoms with Crippen molar-refractivity contribution in [1.29, 1.82) is 0 Å². The fourth-order valence-electron chi connectivity index (χ4n) is 7.65. The molecular weight excluding hydrogens is 596 g/mol. The van der Waals surface area contributed by atoms with Gasteiger partial charge in [0.2, 0.25) is 23.6 Å². The summed E-state index contributed by atoms with van der Waals surface area (Å²) in [4.78, 5) is 58.8. The van der Waals surface area contributed by atoms with Crippen molar-refractivity contribution in [3.05, 3.63) is 71.8 Å². The lowest BCUT2D eigenvalue weighted by Gasteiger charge is -2.41. The summed E-state index contributed by atoms with van der Waals surface area (Å²) in [5.41, 5.74) is 13.8. The molecule has 11 nitrogen and oxygen atoms in total. The van der Waals surface area contributed by atoms with Gasteiger partial charge in [0.15, 0.2) is 0 Å². The molecule has 2 bridgehead atoms. The second-order valence-corrected chi connectivity index (χ2v) is 13.5. The molecule has 0 aromatic heterocycles. The Morgan fingerprint density at radius 1 is 0.894 bits per heavy atom. The molecule has 47 heavy (non-hydrogen) atoms. The number of piperidine rings is 1. The van der Waals surface area contributed by atoms with Crippen LogP contribution in [0.3, 0.4) is 0 Å². The number of carbonyl (C=O) groups excluding carboxylic acids is 4. The zero-order chi connectivity index (χ0) is 33.5. The van der Waals surface area contributed by atoms with Crippen molar-refractivity contribution in [2.45, 2.75) is 120 Å². The van der Waals surface area contributed by atoms with E-state index in [2.05, 4.69) is 10.6 Å². The molecule has 3 fully saturated rings. The van der Waals surface area contributed by atoms with Gasteiger partial charge in [0.25, 0.3) is 0 Å². The third-order valence-electron chi connectivity index (χ3n) is 9.99. The Labute approximate surface area is 277 Å².